The summed E-state index contributed by atoms with van der Waals surface area (Å²) < 4.78 is 10.9. The molecule has 0 fully saturated rings. The summed E-state index contributed by atoms with van der Waals surface area (Å²) in [5.74, 6) is 1.12. The van der Waals surface area contributed by atoms with Crippen molar-refractivity contribution in [3.63, 3.8) is 0 Å². The molecule has 0 spiro atoms. The molecule has 0 aliphatic carbocycles. The molecule has 1 aliphatic rings. The highest BCUT2D eigenvalue weighted by Crippen LogP contribution is 2.31. The van der Waals surface area contributed by atoms with Crippen LogP contribution in [0.2, 0.25) is 10.0 Å². The standard InChI is InChI=1S/C17H12Cl2O3/c18-13-4-1-11(14(19)10-13)2-5-15(20)12-3-6-16-17(9-12)22-8-7-21-16/h1-6,9-10H,7-8H2/b5-2+. The van der Waals surface area contributed by atoms with E-state index in [9.17, 15) is 4.79 Å². The first-order valence-corrected chi connectivity index (χ1v) is 7.46. The zero-order chi connectivity index (χ0) is 15.5. The van der Waals surface area contributed by atoms with Gasteiger partial charge in [-0.25, -0.2) is 0 Å². The normalized spacial score (nSPS) is 13.4. The number of fused-ring (bicyclic) bond motifs is 1. The molecule has 3 rings (SSSR count). The predicted octanol–water partition coefficient (Wildman–Crippen LogP) is 4.66. The zero-order valence-electron chi connectivity index (χ0n) is 11.5. The van der Waals surface area contributed by atoms with Gasteiger partial charge in [-0.1, -0.05) is 29.3 Å². The summed E-state index contributed by atoms with van der Waals surface area (Å²) in [6.07, 6.45) is 3.14. The highest BCUT2D eigenvalue weighted by molar-refractivity contribution is 6.35. The van der Waals surface area contributed by atoms with Gasteiger partial charge in [0.25, 0.3) is 0 Å². The van der Waals surface area contributed by atoms with Crippen LogP contribution in [0.1, 0.15) is 15.9 Å². The first kappa shape index (κ1) is 14.9. The van der Waals surface area contributed by atoms with Crippen molar-refractivity contribution >= 4 is 35.1 Å². The van der Waals surface area contributed by atoms with Gasteiger partial charge in [0.2, 0.25) is 0 Å². The lowest BCUT2D eigenvalue weighted by molar-refractivity contribution is 0.104. The molecule has 2 aromatic carbocycles. The van der Waals surface area contributed by atoms with Gasteiger partial charge in [0.05, 0.1) is 0 Å². The Morgan fingerprint density at radius 1 is 1.00 bits per heavy atom. The van der Waals surface area contributed by atoms with Crippen molar-refractivity contribution < 1.29 is 14.3 Å². The molecule has 0 amide bonds. The number of hydrogen-bond donors (Lipinski definition) is 0. The van der Waals surface area contributed by atoms with Gasteiger partial charge in [0.1, 0.15) is 13.2 Å². The molecule has 0 saturated carbocycles. The van der Waals surface area contributed by atoms with E-state index in [4.69, 9.17) is 32.7 Å². The fourth-order valence-corrected chi connectivity index (χ4v) is 2.57. The lowest BCUT2D eigenvalue weighted by Crippen LogP contribution is -2.15. The summed E-state index contributed by atoms with van der Waals surface area (Å²) in [6.45, 7) is 1.01. The van der Waals surface area contributed by atoms with E-state index in [0.29, 0.717) is 40.3 Å². The van der Waals surface area contributed by atoms with Crippen molar-refractivity contribution in [2.75, 3.05) is 13.2 Å². The van der Waals surface area contributed by atoms with Crippen LogP contribution >= 0.6 is 23.2 Å². The molecule has 1 aliphatic heterocycles. The third-order valence-corrected chi connectivity index (χ3v) is 3.77. The highest BCUT2D eigenvalue weighted by atomic mass is 35.5. The van der Waals surface area contributed by atoms with Crippen molar-refractivity contribution in [1.82, 2.24) is 0 Å². The van der Waals surface area contributed by atoms with Crippen molar-refractivity contribution in [3.8, 4) is 11.5 Å². The summed E-state index contributed by atoms with van der Waals surface area (Å²) >= 11 is 11.9. The number of hydrogen-bond acceptors (Lipinski definition) is 3. The number of carbonyl (C=O) groups is 1. The number of benzene rings is 2. The van der Waals surface area contributed by atoms with Crippen LogP contribution < -0.4 is 9.47 Å². The van der Waals surface area contributed by atoms with E-state index >= 15 is 0 Å². The molecule has 3 nitrogen and oxygen atoms in total. The molecule has 0 saturated heterocycles. The third kappa shape index (κ3) is 3.26. The number of allylic oxidation sites excluding steroid dienone is 1. The average molecular weight is 335 g/mol. The van der Waals surface area contributed by atoms with E-state index in [1.54, 1.807) is 42.5 Å². The lowest BCUT2D eigenvalue weighted by Gasteiger charge is -2.18. The van der Waals surface area contributed by atoms with Crippen LogP contribution in [0.25, 0.3) is 6.08 Å². The lowest BCUT2D eigenvalue weighted by atomic mass is 10.1. The molecule has 0 radical (unpaired) electrons. The minimum absolute atomic E-state index is 0.136. The SMILES string of the molecule is O=C(/C=C/c1ccc(Cl)cc1Cl)c1ccc2c(c1)OCCO2. The minimum atomic E-state index is -0.136. The Balaban J connectivity index is 1.80. The molecule has 1 heterocycles. The van der Waals surface area contributed by atoms with Crippen LogP contribution in [0.4, 0.5) is 0 Å². The zero-order valence-corrected chi connectivity index (χ0v) is 13.0. The monoisotopic (exact) mass is 334 g/mol. The molecule has 5 heteroatoms. The fourth-order valence-electron chi connectivity index (χ4n) is 2.09. The van der Waals surface area contributed by atoms with Gasteiger partial charge in [-0.05, 0) is 48.0 Å². The molecule has 22 heavy (non-hydrogen) atoms. The largest absolute Gasteiger partial charge is 0.486 e. The Bertz CT molecular complexity index is 754. The highest BCUT2D eigenvalue weighted by Gasteiger charge is 2.13. The van der Waals surface area contributed by atoms with E-state index in [0.717, 1.165) is 5.56 Å². The summed E-state index contributed by atoms with van der Waals surface area (Å²) in [6, 6.07) is 10.3. The summed E-state index contributed by atoms with van der Waals surface area (Å²) in [5, 5.41) is 1.05. The minimum Gasteiger partial charge on any atom is -0.486 e. The number of ether oxygens (including phenoxy) is 2. The van der Waals surface area contributed by atoms with Gasteiger partial charge in [0, 0.05) is 15.6 Å². The van der Waals surface area contributed by atoms with E-state index in [1.165, 1.54) is 6.08 Å². The molecule has 0 unspecified atom stereocenters. The van der Waals surface area contributed by atoms with Crippen molar-refractivity contribution in [2.24, 2.45) is 0 Å². The molecule has 112 valence electrons. The van der Waals surface area contributed by atoms with Crippen LogP contribution in [-0.4, -0.2) is 19.0 Å². The maximum Gasteiger partial charge on any atom is 0.185 e. The van der Waals surface area contributed by atoms with E-state index in [2.05, 4.69) is 0 Å². The van der Waals surface area contributed by atoms with Crippen LogP contribution in [-0.2, 0) is 0 Å². The van der Waals surface area contributed by atoms with Gasteiger partial charge in [-0.3, -0.25) is 4.79 Å². The molecular formula is C17H12Cl2O3. The van der Waals surface area contributed by atoms with Crippen LogP contribution in [0.5, 0.6) is 11.5 Å². The molecule has 2 aromatic rings. The van der Waals surface area contributed by atoms with Gasteiger partial charge >= 0.3 is 0 Å². The quantitative estimate of drug-likeness (QED) is 0.604. The number of carbonyl (C=O) groups excluding carboxylic acids is 1. The molecule has 0 N–H and O–H groups in total. The van der Waals surface area contributed by atoms with Crippen LogP contribution in [0.15, 0.2) is 42.5 Å². The van der Waals surface area contributed by atoms with Crippen LogP contribution in [0, 0.1) is 0 Å². The number of ketones is 1. The molecule has 0 aromatic heterocycles. The maximum atomic E-state index is 12.2. The van der Waals surface area contributed by atoms with Crippen molar-refractivity contribution in [2.45, 2.75) is 0 Å². The Morgan fingerprint density at radius 2 is 1.77 bits per heavy atom. The van der Waals surface area contributed by atoms with Crippen molar-refractivity contribution in [3.05, 3.63) is 63.6 Å². The molecule has 0 atom stereocenters. The smallest absolute Gasteiger partial charge is 0.185 e. The first-order chi connectivity index (χ1) is 10.6. The van der Waals surface area contributed by atoms with Gasteiger partial charge in [-0.15, -0.1) is 0 Å². The van der Waals surface area contributed by atoms with Crippen molar-refractivity contribution in [1.29, 1.82) is 0 Å². The van der Waals surface area contributed by atoms with Crippen LogP contribution in [0.3, 0.4) is 0 Å². The van der Waals surface area contributed by atoms with E-state index in [1.807, 2.05) is 0 Å². The predicted molar refractivity (Wildman–Crippen MR) is 87.3 cm³/mol. The number of halogens is 2. The molecular weight excluding hydrogens is 323 g/mol. The fraction of sp³-hybridized carbons (Fsp3) is 0.118. The topological polar surface area (TPSA) is 35.5 Å². The Hall–Kier alpha value is -1.97. The Morgan fingerprint density at radius 3 is 2.55 bits per heavy atom. The summed E-state index contributed by atoms with van der Waals surface area (Å²) in [5.41, 5.74) is 1.27. The van der Waals surface area contributed by atoms with E-state index < -0.39 is 0 Å². The average Bonchev–Trinajstić information content (AvgIpc) is 2.53. The summed E-state index contributed by atoms with van der Waals surface area (Å²) in [7, 11) is 0. The summed E-state index contributed by atoms with van der Waals surface area (Å²) in [4.78, 5) is 12.2. The second-order valence-corrected chi connectivity index (χ2v) is 5.57. The second kappa shape index (κ2) is 6.42. The van der Waals surface area contributed by atoms with E-state index in [-0.39, 0.29) is 5.78 Å². The first-order valence-electron chi connectivity index (χ1n) is 6.70. The Kier molecular flexibility index (Phi) is 4.36. The maximum absolute atomic E-state index is 12.2. The van der Waals surface area contributed by atoms with Gasteiger partial charge in [-0.2, -0.15) is 0 Å². The third-order valence-electron chi connectivity index (χ3n) is 3.20. The van der Waals surface area contributed by atoms with Gasteiger partial charge in [0.15, 0.2) is 17.3 Å². The van der Waals surface area contributed by atoms with Gasteiger partial charge < -0.3 is 9.47 Å². The second-order valence-electron chi connectivity index (χ2n) is 4.72. The number of rotatable bonds is 3. The molecule has 0 bridgehead atoms. The Labute approximate surface area is 138 Å².